The van der Waals surface area contributed by atoms with E-state index in [0.717, 1.165) is 44.4 Å². The van der Waals surface area contributed by atoms with Crippen LogP contribution in [-0.4, -0.2) is 14.5 Å². The lowest BCUT2D eigenvalue weighted by Gasteiger charge is -2.22. The third kappa shape index (κ3) is 4.65. The maximum atomic E-state index is 5.29. The van der Waals surface area contributed by atoms with Crippen molar-refractivity contribution in [2.45, 2.75) is 33.1 Å². The van der Waals surface area contributed by atoms with Crippen LogP contribution in [0.4, 0.5) is 0 Å². The quantitative estimate of drug-likeness (QED) is 0.196. The van der Waals surface area contributed by atoms with Gasteiger partial charge in [0, 0.05) is 27.6 Å². The summed E-state index contributed by atoms with van der Waals surface area (Å²) in [6.45, 7) is 8.68. The topological polar surface area (TPSA) is 30.7 Å². The van der Waals surface area contributed by atoms with Crippen LogP contribution in [-0.2, 0) is 5.41 Å². The van der Waals surface area contributed by atoms with Gasteiger partial charge in [-0.05, 0) is 63.7 Å². The molecule has 0 atom stereocenters. The Bertz CT molecular complexity index is 2420. The molecule has 0 saturated carbocycles. The molecule has 2 heterocycles. The van der Waals surface area contributed by atoms with Crippen molar-refractivity contribution in [3.05, 3.63) is 163 Å². The number of hydrogen-bond acceptors (Lipinski definition) is 2. The van der Waals surface area contributed by atoms with Gasteiger partial charge in [0.1, 0.15) is 5.65 Å². The van der Waals surface area contributed by atoms with Gasteiger partial charge < -0.3 is 0 Å². The minimum Gasteiger partial charge on any atom is -0.294 e. The summed E-state index contributed by atoms with van der Waals surface area (Å²) >= 11 is 0. The van der Waals surface area contributed by atoms with E-state index >= 15 is 0 Å². The van der Waals surface area contributed by atoms with Gasteiger partial charge in [-0.15, -0.1) is 0 Å². The lowest BCUT2D eigenvalue weighted by Crippen LogP contribution is -2.14. The van der Waals surface area contributed by atoms with E-state index in [1.54, 1.807) is 0 Å². The molecule has 0 spiro atoms. The summed E-state index contributed by atoms with van der Waals surface area (Å²) in [5.41, 5.74) is 13.9. The summed E-state index contributed by atoms with van der Waals surface area (Å²) in [5.74, 6) is 0.715. The lowest BCUT2D eigenvalue weighted by atomic mass is 9.81. The van der Waals surface area contributed by atoms with E-state index in [1.807, 2.05) is 32.0 Å². The van der Waals surface area contributed by atoms with E-state index in [2.05, 4.69) is 152 Å². The van der Waals surface area contributed by atoms with Crippen LogP contribution < -0.4 is 0 Å². The summed E-state index contributed by atoms with van der Waals surface area (Å²) < 4.78 is 2.29. The summed E-state index contributed by atoms with van der Waals surface area (Å²) in [6.07, 6.45) is 0. The first-order valence-corrected chi connectivity index (χ1v) is 16.9. The van der Waals surface area contributed by atoms with Gasteiger partial charge in [0.25, 0.3) is 0 Å². The fraction of sp³-hybridized carbons (Fsp3) is 0.111. The van der Waals surface area contributed by atoms with E-state index in [9.17, 15) is 0 Å². The van der Waals surface area contributed by atoms with Crippen molar-refractivity contribution >= 4 is 21.9 Å². The van der Waals surface area contributed by atoms with Crippen LogP contribution in [0.1, 0.15) is 38.8 Å². The van der Waals surface area contributed by atoms with Crippen LogP contribution in [0.5, 0.6) is 0 Å². The first kappa shape index (κ1) is 29.6. The number of rotatable bonds is 4. The zero-order valence-electron chi connectivity index (χ0n) is 27.8. The highest BCUT2D eigenvalue weighted by Crippen LogP contribution is 2.50. The van der Waals surface area contributed by atoms with Crippen molar-refractivity contribution in [1.29, 1.82) is 0 Å². The van der Waals surface area contributed by atoms with Crippen LogP contribution in [0.25, 0.3) is 72.5 Å². The van der Waals surface area contributed by atoms with E-state index in [1.165, 1.54) is 33.4 Å². The number of hydrogen-bond donors (Lipinski definition) is 0. The molecule has 1 aliphatic carbocycles. The number of benzene rings is 6. The Morgan fingerprint density at radius 1 is 0.500 bits per heavy atom. The fourth-order valence-corrected chi connectivity index (χ4v) is 7.33. The van der Waals surface area contributed by atoms with E-state index in [0.29, 0.717) is 5.82 Å². The Hall–Kier alpha value is -5.80. The number of nitrogens with zero attached hydrogens (tertiary/aromatic N) is 3. The average molecular weight is 620 g/mol. The van der Waals surface area contributed by atoms with Crippen LogP contribution in [0.3, 0.4) is 0 Å². The highest BCUT2D eigenvalue weighted by atomic mass is 15.1. The second kappa shape index (κ2) is 11.8. The minimum absolute atomic E-state index is 0.0580. The third-order valence-corrected chi connectivity index (χ3v) is 9.62. The Morgan fingerprint density at radius 3 is 1.81 bits per heavy atom. The standard InChI is InChI=1S/C43H31N3.C2H6/c1-43(2)36-21-13-12-20-33(36)34-24-22-31(27-37(34)43)30-23-25-38-35(26-30)39-40(28-14-6-3-7-15-28)44-41(29-16-8-4-9-17-29)45-42(39)46(38)32-18-10-5-11-19-32;1-2/h3-27H,1-2H3;1-2H3. The first-order valence-electron chi connectivity index (χ1n) is 16.9. The normalized spacial score (nSPS) is 12.8. The second-order valence-electron chi connectivity index (χ2n) is 12.7. The average Bonchev–Trinajstić information content (AvgIpc) is 3.61. The monoisotopic (exact) mass is 619 g/mol. The number of para-hydroxylation sites is 1. The summed E-state index contributed by atoms with van der Waals surface area (Å²) in [7, 11) is 0. The van der Waals surface area contributed by atoms with Crippen molar-refractivity contribution in [1.82, 2.24) is 14.5 Å². The molecule has 0 unspecified atom stereocenters. The highest BCUT2D eigenvalue weighted by molar-refractivity contribution is 6.15. The Labute approximate surface area is 282 Å². The molecule has 1 aliphatic rings. The van der Waals surface area contributed by atoms with Crippen molar-refractivity contribution in [2.24, 2.45) is 0 Å². The first-order chi connectivity index (χ1) is 23.6. The van der Waals surface area contributed by atoms with E-state index in [4.69, 9.17) is 9.97 Å². The summed E-state index contributed by atoms with van der Waals surface area (Å²) in [6, 6.07) is 54.0. The molecule has 3 nitrogen and oxygen atoms in total. The van der Waals surface area contributed by atoms with Crippen molar-refractivity contribution < 1.29 is 0 Å². The molecule has 2 aromatic heterocycles. The van der Waals surface area contributed by atoms with Gasteiger partial charge in [-0.25, -0.2) is 9.97 Å². The molecule has 0 bridgehead atoms. The molecule has 6 aromatic carbocycles. The van der Waals surface area contributed by atoms with Gasteiger partial charge >= 0.3 is 0 Å². The molecule has 0 N–H and O–H groups in total. The van der Waals surface area contributed by atoms with Gasteiger partial charge in [-0.2, -0.15) is 0 Å². The maximum Gasteiger partial charge on any atom is 0.162 e. The fourth-order valence-electron chi connectivity index (χ4n) is 7.33. The van der Waals surface area contributed by atoms with Crippen LogP contribution in [0, 0.1) is 0 Å². The Kier molecular flexibility index (Phi) is 7.26. The van der Waals surface area contributed by atoms with Crippen molar-refractivity contribution in [3.63, 3.8) is 0 Å². The Balaban J connectivity index is 0.00000165. The predicted octanol–water partition coefficient (Wildman–Crippen LogP) is 11.9. The smallest absolute Gasteiger partial charge is 0.162 e. The molecule has 232 valence electrons. The van der Waals surface area contributed by atoms with Gasteiger partial charge in [-0.1, -0.05) is 149 Å². The Morgan fingerprint density at radius 2 is 1.08 bits per heavy atom. The molecule has 0 saturated heterocycles. The van der Waals surface area contributed by atoms with Gasteiger partial charge in [0.15, 0.2) is 5.82 Å². The lowest BCUT2D eigenvalue weighted by molar-refractivity contribution is 0.660. The number of fused-ring (bicyclic) bond motifs is 6. The zero-order chi connectivity index (χ0) is 32.8. The molecule has 9 rings (SSSR count). The second-order valence-corrected chi connectivity index (χ2v) is 12.7. The molecule has 0 fully saturated rings. The van der Waals surface area contributed by atoms with Crippen LogP contribution in [0.15, 0.2) is 152 Å². The molecular weight excluding hydrogens is 583 g/mol. The molecule has 48 heavy (non-hydrogen) atoms. The molecular formula is C45H37N3. The maximum absolute atomic E-state index is 5.29. The molecule has 0 amide bonds. The highest BCUT2D eigenvalue weighted by Gasteiger charge is 2.35. The minimum atomic E-state index is -0.0580. The van der Waals surface area contributed by atoms with Gasteiger partial charge in [0.05, 0.1) is 16.6 Å². The molecule has 3 heteroatoms. The summed E-state index contributed by atoms with van der Waals surface area (Å²) in [5, 5.41) is 2.19. The van der Waals surface area contributed by atoms with Gasteiger partial charge in [0.2, 0.25) is 0 Å². The van der Waals surface area contributed by atoms with Crippen LogP contribution in [0.2, 0.25) is 0 Å². The van der Waals surface area contributed by atoms with Gasteiger partial charge in [-0.3, -0.25) is 4.57 Å². The molecule has 0 radical (unpaired) electrons. The van der Waals surface area contributed by atoms with E-state index in [-0.39, 0.29) is 5.41 Å². The van der Waals surface area contributed by atoms with Crippen LogP contribution >= 0.6 is 0 Å². The third-order valence-electron chi connectivity index (χ3n) is 9.62. The largest absolute Gasteiger partial charge is 0.294 e. The molecule has 8 aromatic rings. The predicted molar refractivity (Wildman–Crippen MR) is 202 cm³/mol. The van der Waals surface area contributed by atoms with E-state index < -0.39 is 0 Å². The zero-order valence-corrected chi connectivity index (χ0v) is 27.8. The SMILES string of the molecule is CC.CC1(C)c2ccccc2-c2ccc(-c3ccc4c(c3)c3c(-c5ccccc5)nc(-c5ccccc5)nc3n4-c3ccccc3)cc21. The molecule has 0 aliphatic heterocycles. The van der Waals surface area contributed by atoms with Crippen molar-refractivity contribution in [2.75, 3.05) is 0 Å². The van der Waals surface area contributed by atoms with Crippen molar-refractivity contribution in [3.8, 4) is 50.6 Å². The number of aromatic nitrogens is 3. The summed E-state index contributed by atoms with van der Waals surface area (Å²) in [4.78, 5) is 10.6.